The lowest BCUT2D eigenvalue weighted by molar-refractivity contribution is 0.0734. The van der Waals surface area contributed by atoms with Gasteiger partial charge in [-0.15, -0.1) is 0 Å². The summed E-state index contributed by atoms with van der Waals surface area (Å²) in [5.41, 5.74) is 2.69. The summed E-state index contributed by atoms with van der Waals surface area (Å²) in [6, 6.07) is 24.7. The molecule has 3 rings (SSSR count). The zero-order valence-corrected chi connectivity index (χ0v) is 15.2. The van der Waals surface area contributed by atoms with E-state index in [1.54, 1.807) is 19.2 Å². The van der Waals surface area contributed by atoms with Gasteiger partial charge in [-0.05, 0) is 47.5 Å². The van der Waals surface area contributed by atoms with Crippen molar-refractivity contribution in [2.24, 2.45) is 0 Å². The highest BCUT2D eigenvalue weighted by molar-refractivity contribution is 5.90. The van der Waals surface area contributed by atoms with Crippen molar-refractivity contribution in [1.82, 2.24) is 0 Å². The van der Waals surface area contributed by atoms with Crippen molar-refractivity contribution < 1.29 is 14.3 Å². The van der Waals surface area contributed by atoms with Crippen molar-refractivity contribution >= 4 is 5.97 Å². The summed E-state index contributed by atoms with van der Waals surface area (Å²) >= 11 is 0. The van der Waals surface area contributed by atoms with Gasteiger partial charge in [0.05, 0.1) is 12.7 Å². The minimum Gasteiger partial charge on any atom is -0.497 e. The van der Waals surface area contributed by atoms with Crippen LogP contribution in [0, 0.1) is 0 Å². The predicted molar refractivity (Wildman–Crippen MR) is 103 cm³/mol. The second-order valence-corrected chi connectivity index (χ2v) is 6.63. The molecule has 0 fully saturated rings. The van der Waals surface area contributed by atoms with Gasteiger partial charge in [-0.2, -0.15) is 0 Å². The standard InChI is InChI=1S/C23H22O3/c1-23(2,18-9-13-20(25-3)14-10-18)19-11-15-21(16-12-19)26-22(24)17-7-5-4-6-8-17/h4-16H,1-3H3. The van der Waals surface area contributed by atoms with Crippen molar-refractivity contribution in [3.05, 3.63) is 95.6 Å². The van der Waals surface area contributed by atoms with Gasteiger partial charge in [-0.25, -0.2) is 4.79 Å². The van der Waals surface area contributed by atoms with Crippen LogP contribution in [-0.4, -0.2) is 13.1 Å². The van der Waals surface area contributed by atoms with E-state index in [0.29, 0.717) is 11.3 Å². The fourth-order valence-electron chi connectivity index (χ4n) is 2.85. The molecule has 0 radical (unpaired) electrons. The molecule has 0 aromatic heterocycles. The van der Waals surface area contributed by atoms with Crippen LogP contribution in [0.2, 0.25) is 0 Å². The fourth-order valence-corrected chi connectivity index (χ4v) is 2.85. The van der Waals surface area contributed by atoms with Crippen LogP contribution in [0.25, 0.3) is 0 Å². The summed E-state index contributed by atoms with van der Waals surface area (Å²) in [5.74, 6) is 1.02. The molecule has 0 unspecified atom stereocenters. The maximum absolute atomic E-state index is 12.1. The van der Waals surface area contributed by atoms with Gasteiger partial charge in [-0.1, -0.05) is 56.3 Å². The van der Waals surface area contributed by atoms with Crippen molar-refractivity contribution in [3.8, 4) is 11.5 Å². The molecule has 3 aromatic carbocycles. The van der Waals surface area contributed by atoms with E-state index in [-0.39, 0.29) is 11.4 Å². The van der Waals surface area contributed by atoms with Crippen LogP contribution < -0.4 is 9.47 Å². The largest absolute Gasteiger partial charge is 0.497 e. The number of methoxy groups -OCH3 is 1. The molecule has 0 atom stereocenters. The Morgan fingerprint density at radius 1 is 0.731 bits per heavy atom. The van der Waals surface area contributed by atoms with Crippen LogP contribution in [0.3, 0.4) is 0 Å². The van der Waals surface area contributed by atoms with E-state index in [0.717, 1.165) is 11.3 Å². The Bertz CT molecular complexity index is 864. The zero-order chi connectivity index (χ0) is 18.6. The maximum Gasteiger partial charge on any atom is 0.343 e. The van der Waals surface area contributed by atoms with Gasteiger partial charge < -0.3 is 9.47 Å². The Labute approximate surface area is 154 Å². The molecule has 3 heteroatoms. The number of rotatable bonds is 5. The molecule has 0 bridgehead atoms. The number of benzene rings is 3. The third-order valence-corrected chi connectivity index (χ3v) is 4.61. The zero-order valence-electron chi connectivity index (χ0n) is 15.2. The summed E-state index contributed by atoms with van der Waals surface area (Å²) in [5, 5.41) is 0. The Balaban J connectivity index is 1.76. The third-order valence-electron chi connectivity index (χ3n) is 4.61. The molecule has 0 N–H and O–H groups in total. The lowest BCUT2D eigenvalue weighted by Crippen LogP contribution is -2.18. The molecule has 0 amide bonds. The van der Waals surface area contributed by atoms with Gasteiger partial charge >= 0.3 is 5.97 Å². The number of carbonyl (C=O) groups excluding carboxylic acids is 1. The van der Waals surface area contributed by atoms with E-state index in [4.69, 9.17) is 9.47 Å². The summed E-state index contributed by atoms with van der Waals surface area (Å²) in [4.78, 5) is 12.1. The van der Waals surface area contributed by atoms with Crippen LogP contribution in [0.4, 0.5) is 0 Å². The molecule has 0 saturated carbocycles. The highest BCUT2D eigenvalue weighted by Gasteiger charge is 2.23. The highest BCUT2D eigenvalue weighted by Crippen LogP contribution is 2.33. The van der Waals surface area contributed by atoms with Crippen molar-refractivity contribution in [2.75, 3.05) is 7.11 Å². The highest BCUT2D eigenvalue weighted by atomic mass is 16.5. The molecular weight excluding hydrogens is 324 g/mol. The van der Waals surface area contributed by atoms with Crippen LogP contribution in [0.15, 0.2) is 78.9 Å². The Morgan fingerprint density at radius 3 is 1.73 bits per heavy atom. The Morgan fingerprint density at radius 2 is 1.23 bits per heavy atom. The van der Waals surface area contributed by atoms with Gasteiger partial charge in [0.15, 0.2) is 0 Å². The van der Waals surface area contributed by atoms with Crippen molar-refractivity contribution in [2.45, 2.75) is 19.3 Å². The molecule has 0 aliphatic heterocycles. The van der Waals surface area contributed by atoms with Gasteiger partial charge in [0.2, 0.25) is 0 Å². The Hall–Kier alpha value is -3.07. The predicted octanol–water partition coefficient (Wildman–Crippen LogP) is 5.24. The van der Waals surface area contributed by atoms with Crippen LogP contribution >= 0.6 is 0 Å². The number of hydrogen-bond donors (Lipinski definition) is 0. The molecule has 0 aliphatic carbocycles. The van der Waals surface area contributed by atoms with Gasteiger partial charge in [0, 0.05) is 5.41 Å². The molecule has 26 heavy (non-hydrogen) atoms. The molecule has 0 saturated heterocycles. The SMILES string of the molecule is COc1ccc(C(C)(C)c2ccc(OC(=O)c3ccccc3)cc2)cc1. The first kappa shape index (κ1) is 17.7. The topological polar surface area (TPSA) is 35.5 Å². The van der Waals surface area contributed by atoms with Gasteiger partial charge in [0.1, 0.15) is 11.5 Å². The van der Waals surface area contributed by atoms with Crippen LogP contribution in [0.5, 0.6) is 11.5 Å². The molecule has 0 aliphatic rings. The molecule has 3 nitrogen and oxygen atoms in total. The summed E-state index contributed by atoms with van der Waals surface area (Å²) in [6.45, 7) is 4.33. The summed E-state index contributed by atoms with van der Waals surface area (Å²) in [7, 11) is 1.66. The number of carbonyl (C=O) groups is 1. The molecule has 0 heterocycles. The monoisotopic (exact) mass is 346 g/mol. The molecule has 132 valence electrons. The number of hydrogen-bond acceptors (Lipinski definition) is 3. The van der Waals surface area contributed by atoms with E-state index in [2.05, 4.69) is 26.0 Å². The summed E-state index contributed by atoms with van der Waals surface area (Å²) in [6.07, 6.45) is 0. The first-order valence-electron chi connectivity index (χ1n) is 8.53. The van der Waals surface area contributed by atoms with E-state index in [9.17, 15) is 4.79 Å². The van der Waals surface area contributed by atoms with E-state index in [1.807, 2.05) is 54.6 Å². The summed E-state index contributed by atoms with van der Waals surface area (Å²) < 4.78 is 10.7. The van der Waals surface area contributed by atoms with Crippen molar-refractivity contribution in [3.63, 3.8) is 0 Å². The second-order valence-electron chi connectivity index (χ2n) is 6.63. The lowest BCUT2D eigenvalue weighted by atomic mass is 9.78. The van der Waals surface area contributed by atoms with Gasteiger partial charge in [0.25, 0.3) is 0 Å². The first-order valence-corrected chi connectivity index (χ1v) is 8.53. The maximum atomic E-state index is 12.1. The van der Waals surface area contributed by atoms with E-state index >= 15 is 0 Å². The number of esters is 1. The molecule has 3 aromatic rings. The quantitative estimate of drug-likeness (QED) is 0.468. The van der Waals surface area contributed by atoms with Crippen molar-refractivity contribution in [1.29, 1.82) is 0 Å². The second kappa shape index (κ2) is 7.44. The first-order chi connectivity index (χ1) is 12.5. The minimum atomic E-state index is -0.354. The number of ether oxygens (including phenoxy) is 2. The van der Waals surface area contributed by atoms with E-state index in [1.165, 1.54) is 5.56 Å². The third kappa shape index (κ3) is 3.77. The van der Waals surface area contributed by atoms with Crippen LogP contribution in [0.1, 0.15) is 35.3 Å². The average Bonchev–Trinajstić information content (AvgIpc) is 2.69. The Kier molecular flexibility index (Phi) is 5.08. The molecule has 0 spiro atoms. The fraction of sp³-hybridized carbons (Fsp3) is 0.174. The normalized spacial score (nSPS) is 11.0. The van der Waals surface area contributed by atoms with Gasteiger partial charge in [-0.3, -0.25) is 0 Å². The van der Waals surface area contributed by atoms with E-state index < -0.39 is 0 Å². The average molecular weight is 346 g/mol. The minimum absolute atomic E-state index is 0.172. The molecular formula is C23H22O3. The van der Waals surface area contributed by atoms with Crippen LogP contribution in [-0.2, 0) is 5.41 Å². The smallest absolute Gasteiger partial charge is 0.343 e. The lowest BCUT2D eigenvalue weighted by Gasteiger charge is -2.26.